The van der Waals surface area contributed by atoms with Crippen molar-refractivity contribution in [3.63, 3.8) is 0 Å². The Morgan fingerprint density at radius 1 is 1.12 bits per heavy atom. The molecule has 1 aliphatic heterocycles. The molecule has 132 valence electrons. The van der Waals surface area contributed by atoms with Gasteiger partial charge in [0.05, 0.1) is 10.6 Å². The number of hydrogen-bond donors (Lipinski definition) is 1. The maximum absolute atomic E-state index is 12.7. The highest BCUT2D eigenvalue weighted by Crippen LogP contribution is 2.21. The first-order valence-corrected chi connectivity index (χ1v) is 10.0. The van der Waals surface area contributed by atoms with Crippen molar-refractivity contribution in [1.29, 1.82) is 0 Å². The zero-order chi connectivity index (χ0) is 17.9. The molecular weight excluding hydrogens is 336 g/mol. The third-order valence-electron chi connectivity index (χ3n) is 4.54. The molecule has 0 spiro atoms. The van der Waals surface area contributed by atoms with Crippen molar-refractivity contribution in [3.8, 4) is 0 Å². The summed E-state index contributed by atoms with van der Waals surface area (Å²) >= 11 is 0. The Kier molecular flexibility index (Phi) is 5.20. The van der Waals surface area contributed by atoms with Crippen molar-refractivity contribution in [1.82, 2.24) is 4.90 Å². The molecule has 1 amide bonds. The predicted molar refractivity (Wildman–Crippen MR) is 96.9 cm³/mol. The Morgan fingerprint density at radius 3 is 2.60 bits per heavy atom. The summed E-state index contributed by atoms with van der Waals surface area (Å²) in [6.07, 6.45) is 1.88. The minimum atomic E-state index is -3.44. The van der Waals surface area contributed by atoms with E-state index in [1.807, 2.05) is 0 Å². The summed E-state index contributed by atoms with van der Waals surface area (Å²) in [6.45, 7) is 1.15. The highest BCUT2D eigenvalue weighted by Gasteiger charge is 2.28. The summed E-state index contributed by atoms with van der Waals surface area (Å²) in [4.78, 5) is 14.8. The Hall–Kier alpha value is -2.18. The van der Waals surface area contributed by atoms with Gasteiger partial charge in [0.25, 0.3) is 5.91 Å². The van der Waals surface area contributed by atoms with Crippen molar-refractivity contribution >= 4 is 15.7 Å². The highest BCUT2D eigenvalue weighted by molar-refractivity contribution is 7.90. The van der Waals surface area contributed by atoms with E-state index in [0.717, 1.165) is 12.8 Å². The van der Waals surface area contributed by atoms with Gasteiger partial charge in [0.1, 0.15) is 0 Å². The van der Waals surface area contributed by atoms with E-state index in [4.69, 9.17) is 5.73 Å². The Morgan fingerprint density at radius 2 is 1.88 bits per heavy atom. The summed E-state index contributed by atoms with van der Waals surface area (Å²) in [5.41, 5.74) is 6.87. The Labute approximate surface area is 148 Å². The van der Waals surface area contributed by atoms with Gasteiger partial charge in [0, 0.05) is 24.7 Å². The van der Waals surface area contributed by atoms with Crippen LogP contribution in [0.1, 0.15) is 28.8 Å². The molecule has 25 heavy (non-hydrogen) atoms. The minimum Gasteiger partial charge on any atom is -0.334 e. The standard InChI is InChI=1S/C19H22N2O3S/c20-13-17-8-5-11-21(17)19(22)16-7-4-6-15(12-16)14-25(23,24)18-9-2-1-3-10-18/h1-4,6-7,9-10,12,17H,5,8,11,13-14,20H2/t17-/m1/s1. The third kappa shape index (κ3) is 3.91. The average Bonchev–Trinajstić information content (AvgIpc) is 3.10. The van der Waals surface area contributed by atoms with E-state index >= 15 is 0 Å². The first-order chi connectivity index (χ1) is 12.0. The summed E-state index contributed by atoms with van der Waals surface area (Å²) in [5, 5.41) is 0. The quantitative estimate of drug-likeness (QED) is 0.889. The van der Waals surface area contributed by atoms with Gasteiger partial charge < -0.3 is 10.6 Å². The van der Waals surface area contributed by atoms with E-state index in [1.165, 1.54) is 0 Å². The molecule has 1 aliphatic rings. The second-order valence-corrected chi connectivity index (χ2v) is 8.29. The summed E-state index contributed by atoms with van der Waals surface area (Å²) in [6, 6.07) is 15.3. The van der Waals surface area contributed by atoms with Crippen LogP contribution in [0.25, 0.3) is 0 Å². The van der Waals surface area contributed by atoms with E-state index in [0.29, 0.717) is 24.2 Å². The number of hydrogen-bond acceptors (Lipinski definition) is 4. The van der Waals surface area contributed by atoms with Crippen molar-refractivity contribution in [2.24, 2.45) is 5.73 Å². The van der Waals surface area contributed by atoms with Crippen LogP contribution in [0, 0.1) is 0 Å². The van der Waals surface area contributed by atoms with Crippen LogP contribution in [0.2, 0.25) is 0 Å². The number of carbonyl (C=O) groups is 1. The monoisotopic (exact) mass is 358 g/mol. The molecule has 5 nitrogen and oxygen atoms in total. The normalized spacial score (nSPS) is 17.6. The molecule has 0 aliphatic carbocycles. The van der Waals surface area contributed by atoms with Crippen LogP contribution in [0.15, 0.2) is 59.5 Å². The third-order valence-corrected chi connectivity index (χ3v) is 6.25. The molecule has 2 aromatic rings. The van der Waals surface area contributed by atoms with Gasteiger partial charge in [-0.25, -0.2) is 8.42 Å². The number of likely N-dealkylation sites (tertiary alicyclic amines) is 1. The van der Waals surface area contributed by atoms with Crippen molar-refractivity contribution in [2.75, 3.05) is 13.1 Å². The number of nitrogens with two attached hydrogens (primary N) is 1. The van der Waals surface area contributed by atoms with Gasteiger partial charge >= 0.3 is 0 Å². The fourth-order valence-corrected chi connectivity index (χ4v) is 4.60. The molecule has 0 bridgehead atoms. The molecule has 0 unspecified atom stereocenters. The molecule has 1 heterocycles. The Balaban J connectivity index is 1.81. The van der Waals surface area contributed by atoms with Crippen LogP contribution in [0.5, 0.6) is 0 Å². The molecule has 0 aromatic heterocycles. The molecule has 6 heteroatoms. The molecule has 0 saturated carbocycles. The first kappa shape index (κ1) is 17.6. The summed E-state index contributed by atoms with van der Waals surface area (Å²) in [5.74, 6) is -0.203. The largest absolute Gasteiger partial charge is 0.334 e. The van der Waals surface area contributed by atoms with Crippen LogP contribution < -0.4 is 5.73 Å². The lowest BCUT2D eigenvalue weighted by Gasteiger charge is -2.23. The maximum atomic E-state index is 12.7. The SMILES string of the molecule is NC[C@H]1CCCN1C(=O)c1cccc(CS(=O)(=O)c2ccccc2)c1. The Bertz CT molecular complexity index is 850. The topological polar surface area (TPSA) is 80.5 Å². The van der Waals surface area contributed by atoms with Gasteiger partial charge in [-0.05, 0) is 42.7 Å². The molecule has 0 radical (unpaired) electrons. The second kappa shape index (κ2) is 7.37. The molecule has 1 saturated heterocycles. The highest BCUT2D eigenvalue weighted by atomic mass is 32.2. The van der Waals surface area contributed by atoms with Crippen molar-refractivity contribution < 1.29 is 13.2 Å². The molecule has 2 N–H and O–H groups in total. The average molecular weight is 358 g/mol. The van der Waals surface area contributed by atoms with Crippen LogP contribution >= 0.6 is 0 Å². The van der Waals surface area contributed by atoms with E-state index in [-0.39, 0.29) is 22.6 Å². The lowest BCUT2D eigenvalue weighted by Crippen LogP contribution is -2.39. The molecule has 3 rings (SSSR count). The van der Waals surface area contributed by atoms with E-state index in [9.17, 15) is 13.2 Å². The first-order valence-electron chi connectivity index (χ1n) is 8.39. The molecular formula is C19H22N2O3S. The zero-order valence-corrected chi connectivity index (χ0v) is 14.8. The number of sulfone groups is 1. The lowest BCUT2D eigenvalue weighted by atomic mass is 10.1. The predicted octanol–water partition coefficient (Wildman–Crippen LogP) is 2.22. The van der Waals surface area contributed by atoms with E-state index < -0.39 is 9.84 Å². The summed E-state index contributed by atoms with van der Waals surface area (Å²) in [7, 11) is -3.44. The van der Waals surface area contributed by atoms with Crippen molar-refractivity contribution in [2.45, 2.75) is 29.5 Å². The van der Waals surface area contributed by atoms with Crippen molar-refractivity contribution in [3.05, 3.63) is 65.7 Å². The summed E-state index contributed by atoms with van der Waals surface area (Å²) < 4.78 is 25.1. The van der Waals surface area contributed by atoms with Crippen LogP contribution in [-0.2, 0) is 15.6 Å². The number of rotatable bonds is 5. The van der Waals surface area contributed by atoms with Gasteiger partial charge in [-0.3, -0.25) is 4.79 Å². The zero-order valence-electron chi connectivity index (χ0n) is 14.0. The van der Waals surface area contributed by atoms with Gasteiger partial charge in [0.15, 0.2) is 9.84 Å². The smallest absolute Gasteiger partial charge is 0.254 e. The van der Waals surface area contributed by atoms with Gasteiger partial charge in [0.2, 0.25) is 0 Å². The number of benzene rings is 2. The molecule has 2 aromatic carbocycles. The number of carbonyl (C=O) groups excluding carboxylic acids is 1. The minimum absolute atomic E-state index is 0.0733. The van der Waals surface area contributed by atoms with E-state index in [1.54, 1.807) is 59.5 Å². The lowest BCUT2D eigenvalue weighted by molar-refractivity contribution is 0.0741. The number of amides is 1. The van der Waals surface area contributed by atoms with E-state index in [2.05, 4.69) is 0 Å². The molecule has 1 atom stereocenters. The van der Waals surface area contributed by atoms with Gasteiger partial charge in [-0.15, -0.1) is 0 Å². The van der Waals surface area contributed by atoms with Crippen LogP contribution in [0.4, 0.5) is 0 Å². The fourth-order valence-electron chi connectivity index (χ4n) is 3.24. The second-order valence-electron chi connectivity index (χ2n) is 6.30. The van der Waals surface area contributed by atoms with Crippen LogP contribution in [-0.4, -0.2) is 38.4 Å². The molecule has 1 fully saturated rings. The number of nitrogens with zero attached hydrogens (tertiary/aromatic N) is 1. The van der Waals surface area contributed by atoms with Gasteiger partial charge in [-0.1, -0.05) is 30.3 Å². The van der Waals surface area contributed by atoms with Crippen LogP contribution in [0.3, 0.4) is 0 Å². The fraction of sp³-hybridized carbons (Fsp3) is 0.316. The maximum Gasteiger partial charge on any atom is 0.254 e. The van der Waals surface area contributed by atoms with Gasteiger partial charge in [-0.2, -0.15) is 0 Å².